The van der Waals surface area contributed by atoms with Crippen molar-refractivity contribution < 1.29 is 18.7 Å². The van der Waals surface area contributed by atoms with Crippen LogP contribution < -0.4 is 20.5 Å². The highest BCUT2D eigenvalue weighted by atomic mass is 32.1. The molecule has 0 saturated carbocycles. The number of hydrogen-bond donors (Lipinski definition) is 2. The molecule has 7 rings (SSSR count). The minimum Gasteiger partial charge on any atom is -0.496 e. The Bertz CT molecular complexity index is 2250. The predicted octanol–water partition coefficient (Wildman–Crippen LogP) is 5.39. The van der Waals surface area contributed by atoms with Gasteiger partial charge >= 0.3 is 0 Å². The molecule has 2 amide bonds. The first-order valence-electron chi connectivity index (χ1n) is 15.5. The summed E-state index contributed by atoms with van der Waals surface area (Å²) in [6.45, 7) is 1.79. The maximum absolute atomic E-state index is 15.0. The maximum atomic E-state index is 15.0. The van der Waals surface area contributed by atoms with Crippen LogP contribution in [0.4, 0.5) is 14.5 Å². The van der Waals surface area contributed by atoms with E-state index in [9.17, 15) is 18.8 Å². The molecule has 0 bridgehead atoms. The summed E-state index contributed by atoms with van der Waals surface area (Å²) >= 11 is 1.34. The van der Waals surface area contributed by atoms with E-state index in [2.05, 4.69) is 30.4 Å². The normalized spacial score (nSPS) is 13.0. The molecule has 0 aliphatic carbocycles. The molecule has 0 atom stereocenters. The minimum absolute atomic E-state index is 0.00827. The lowest BCUT2D eigenvalue weighted by Gasteiger charge is -2.35. The van der Waals surface area contributed by atoms with Crippen LogP contribution in [-0.2, 0) is 6.42 Å². The molecule has 11 nitrogen and oxygen atoms in total. The summed E-state index contributed by atoms with van der Waals surface area (Å²) in [7, 11) is 1.58. The van der Waals surface area contributed by atoms with Crippen LogP contribution in [-0.4, -0.2) is 70.2 Å². The lowest BCUT2D eigenvalue weighted by atomic mass is 10.0. The lowest BCUT2D eigenvalue weighted by molar-refractivity contribution is 0.0742. The first kappa shape index (κ1) is 31.6. The number of halogens is 1. The third-order valence-corrected chi connectivity index (χ3v) is 9.44. The summed E-state index contributed by atoms with van der Waals surface area (Å²) in [5.74, 6) is -0.681. The van der Waals surface area contributed by atoms with E-state index < -0.39 is 11.7 Å². The second kappa shape index (κ2) is 13.6. The number of rotatable bonds is 8. The van der Waals surface area contributed by atoms with Gasteiger partial charge in [0.15, 0.2) is 5.13 Å². The van der Waals surface area contributed by atoms with Crippen LogP contribution in [0.2, 0.25) is 0 Å². The summed E-state index contributed by atoms with van der Waals surface area (Å²) in [5, 5.41) is 12.1. The average Bonchev–Trinajstić information content (AvgIpc) is 3.61. The van der Waals surface area contributed by atoms with Crippen molar-refractivity contribution in [3.8, 4) is 16.9 Å². The number of piperazine rings is 1. The van der Waals surface area contributed by atoms with Crippen molar-refractivity contribution in [2.45, 2.75) is 6.42 Å². The van der Waals surface area contributed by atoms with Crippen LogP contribution in [0.1, 0.15) is 32.0 Å². The zero-order valence-electron chi connectivity index (χ0n) is 26.4. The molecule has 1 fully saturated rings. The number of benzene rings is 3. The number of aromatic amines is 1. The molecule has 0 radical (unpaired) electrons. The number of H-pyrrole nitrogens is 1. The second-order valence-corrected chi connectivity index (χ2v) is 12.4. The number of nitrogens with zero attached hydrogens (tertiary/aromatic N) is 5. The number of carbonyl (C=O) groups is 2. The number of methoxy groups -OCH3 is 1. The first-order chi connectivity index (χ1) is 23.9. The van der Waals surface area contributed by atoms with Crippen molar-refractivity contribution in [3.63, 3.8) is 0 Å². The van der Waals surface area contributed by atoms with E-state index >= 15 is 0 Å². The van der Waals surface area contributed by atoms with Crippen LogP contribution in [0, 0.1) is 5.82 Å². The Morgan fingerprint density at radius 2 is 1.71 bits per heavy atom. The Morgan fingerprint density at radius 3 is 2.53 bits per heavy atom. The van der Waals surface area contributed by atoms with Gasteiger partial charge in [0.2, 0.25) is 0 Å². The number of fused-ring (bicyclic) bond motifs is 1. The van der Waals surface area contributed by atoms with Crippen molar-refractivity contribution >= 4 is 44.1 Å². The molecule has 0 unspecified atom stereocenters. The largest absolute Gasteiger partial charge is 0.496 e. The predicted molar refractivity (Wildman–Crippen MR) is 186 cm³/mol. The fourth-order valence-corrected chi connectivity index (χ4v) is 6.82. The van der Waals surface area contributed by atoms with Crippen molar-refractivity contribution in [2.24, 2.45) is 0 Å². The molecule has 13 heteroatoms. The Kier molecular flexibility index (Phi) is 8.81. The number of hydrogen-bond acceptors (Lipinski definition) is 9. The molecule has 3 aromatic carbocycles. The number of nitrogens with one attached hydrogen (secondary N) is 2. The van der Waals surface area contributed by atoms with Gasteiger partial charge in [-0.25, -0.2) is 14.5 Å². The lowest BCUT2D eigenvalue weighted by Crippen LogP contribution is -2.48. The van der Waals surface area contributed by atoms with Gasteiger partial charge in [-0.1, -0.05) is 53.8 Å². The van der Waals surface area contributed by atoms with Gasteiger partial charge in [-0.3, -0.25) is 24.7 Å². The van der Waals surface area contributed by atoms with E-state index in [1.165, 1.54) is 17.4 Å². The summed E-state index contributed by atoms with van der Waals surface area (Å²) in [4.78, 5) is 51.4. The molecule has 49 heavy (non-hydrogen) atoms. The third-order valence-electron chi connectivity index (χ3n) is 8.46. The quantitative estimate of drug-likeness (QED) is 0.219. The van der Waals surface area contributed by atoms with Crippen LogP contribution >= 0.6 is 11.3 Å². The van der Waals surface area contributed by atoms with Crippen molar-refractivity contribution in [3.05, 3.63) is 130 Å². The molecular formula is C36H30FN7O4S. The highest BCUT2D eigenvalue weighted by molar-refractivity contribution is 7.19. The molecule has 6 aromatic rings. The van der Waals surface area contributed by atoms with Crippen LogP contribution in [0.3, 0.4) is 0 Å². The van der Waals surface area contributed by atoms with E-state index in [1.54, 1.807) is 60.9 Å². The smallest absolute Gasteiger partial charge is 0.272 e. The molecule has 1 saturated heterocycles. The molecule has 1 aliphatic heterocycles. The van der Waals surface area contributed by atoms with Gasteiger partial charge in [0.1, 0.15) is 16.6 Å². The Balaban J connectivity index is 1.00. The fraction of sp³-hybridized carbons (Fsp3) is 0.167. The first-order valence-corrected chi connectivity index (χ1v) is 16.3. The van der Waals surface area contributed by atoms with Gasteiger partial charge in [-0.05, 0) is 35.9 Å². The zero-order chi connectivity index (χ0) is 33.9. The van der Waals surface area contributed by atoms with E-state index in [0.29, 0.717) is 76.6 Å². The minimum atomic E-state index is -0.596. The van der Waals surface area contributed by atoms with Crippen molar-refractivity contribution in [1.29, 1.82) is 0 Å². The number of ether oxygens (including phenoxy) is 1. The third kappa shape index (κ3) is 6.48. The molecule has 3 aromatic heterocycles. The van der Waals surface area contributed by atoms with Gasteiger partial charge in [-0.2, -0.15) is 5.10 Å². The average molecular weight is 676 g/mol. The van der Waals surface area contributed by atoms with E-state index in [-0.39, 0.29) is 17.0 Å². The van der Waals surface area contributed by atoms with Crippen LogP contribution in [0.15, 0.2) is 96.2 Å². The monoisotopic (exact) mass is 675 g/mol. The van der Waals surface area contributed by atoms with E-state index in [0.717, 1.165) is 10.6 Å². The zero-order valence-corrected chi connectivity index (χ0v) is 27.2. The number of anilines is 2. The molecule has 0 spiro atoms. The Hall–Kier alpha value is -5.95. The highest BCUT2D eigenvalue weighted by Crippen LogP contribution is 2.33. The summed E-state index contributed by atoms with van der Waals surface area (Å²) in [5.41, 5.74) is 2.87. The second-order valence-electron chi connectivity index (χ2n) is 11.4. The number of pyridine rings is 1. The van der Waals surface area contributed by atoms with E-state index in [4.69, 9.17) is 4.74 Å². The number of carbonyl (C=O) groups excluding carboxylic acids is 2. The van der Waals surface area contributed by atoms with Gasteiger partial charge in [0.25, 0.3) is 17.4 Å². The number of amides is 2. The van der Waals surface area contributed by atoms with Crippen molar-refractivity contribution in [1.82, 2.24) is 25.1 Å². The van der Waals surface area contributed by atoms with Crippen LogP contribution in [0.25, 0.3) is 21.9 Å². The topological polar surface area (TPSA) is 133 Å². The number of para-hydroxylation sites is 1. The van der Waals surface area contributed by atoms with Gasteiger partial charge in [0.05, 0.1) is 35.5 Å². The van der Waals surface area contributed by atoms with Crippen LogP contribution in [0.5, 0.6) is 5.75 Å². The molecule has 1 aliphatic rings. The molecule has 4 heterocycles. The van der Waals surface area contributed by atoms with Crippen molar-refractivity contribution in [2.75, 3.05) is 43.5 Å². The van der Waals surface area contributed by atoms with Gasteiger partial charge in [0, 0.05) is 61.5 Å². The summed E-state index contributed by atoms with van der Waals surface area (Å²) < 4.78 is 20.5. The number of thiazole rings is 1. The number of aromatic nitrogens is 4. The SMILES string of the molecule is COc1ccccc1-c1cnccc1C(=O)Nc1ncc(N2CCN(C(=O)c3cc(Cc4n[nH]c(=O)c5ccccc45)ccc3F)CC2)s1. The maximum Gasteiger partial charge on any atom is 0.272 e. The molecule has 246 valence electrons. The molecule has 2 N–H and O–H groups in total. The fourth-order valence-electron chi connectivity index (χ4n) is 5.95. The summed E-state index contributed by atoms with van der Waals surface area (Å²) in [6, 6.07) is 20.7. The molecular weight excluding hydrogens is 646 g/mol. The van der Waals surface area contributed by atoms with E-state index in [1.807, 2.05) is 36.4 Å². The Labute approximate surface area is 284 Å². The Morgan fingerprint density at radius 1 is 0.939 bits per heavy atom. The van der Waals surface area contributed by atoms with Gasteiger partial charge in [-0.15, -0.1) is 0 Å². The standard InChI is InChI=1S/C36H30FN7O4S/c1-48-31-9-5-4-7-24(31)28-20-38-13-12-26(28)33(45)40-36-39-21-32(49-36)43-14-16-44(17-15-43)35(47)27-18-22(10-11-29(27)37)19-30-23-6-2-3-8-25(23)34(46)42-41-30/h2-13,18,20-21H,14-17,19H2,1H3,(H,42,46)(H,39,40,45). The highest BCUT2D eigenvalue weighted by Gasteiger charge is 2.26. The summed E-state index contributed by atoms with van der Waals surface area (Å²) in [6.07, 6.45) is 5.21. The van der Waals surface area contributed by atoms with Gasteiger partial charge < -0.3 is 14.5 Å².